The summed E-state index contributed by atoms with van der Waals surface area (Å²) in [6, 6.07) is 7.44. The number of hydrogen-bond acceptors (Lipinski definition) is 6. The summed E-state index contributed by atoms with van der Waals surface area (Å²) in [5, 5.41) is 10.4. The number of rotatable bonds is 3. The highest BCUT2D eigenvalue weighted by Crippen LogP contribution is 2.28. The summed E-state index contributed by atoms with van der Waals surface area (Å²) in [5.74, 6) is 1.36. The van der Waals surface area contributed by atoms with Gasteiger partial charge in [0.1, 0.15) is 11.6 Å². The number of carbonyl (C=O) groups excluding carboxylic acids is 1. The molecule has 1 saturated heterocycles. The number of urea groups is 1. The number of piperidine rings is 1. The fourth-order valence-corrected chi connectivity index (χ4v) is 3.12. The largest absolute Gasteiger partial charge is 0.360 e. The zero-order valence-electron chi connectivity index (χ0n) is 14.7. The van der Waals surface area contributed by atoms with Crippen LogP contribution < -0.4 is 5.32 Å². The van der Waals surface area contributed by atoms with E-state index in [0.717, 1.165) is 12.8 Å². The number of amides is 2. The van der Waals surface area contributed by atoms with Crippen molar-refractivity contribution < 1.29 is 18.2 Å². The molecule has 1 N–H and O–H groups in total. The molecule has 1 aromatic carbocycles. The lowest BCUT2D eigenvalue weighted by Gasteiger charge is -2.30. The average Bonchev–Trinajstić information content (AvgIpc) is 3.31. The van der Waals surface area contributed by atoms with Crippen LogP contribution in [0.15, 0.2) is 39.4 Å². The Morgan fingerprint density at radius 2 is 2.19 bits per heavy atom. The Kier molecular flexibility index (Phi) is 4.57. The number of aromatic nitrogens is 3. The first-order chi connectivity index (χ1) is 13.1. The Balaban J connectivity index is 1.44. The molecule has 27 heavy (non-hydrogen) atoms. The van der Waals surface area contributed by atoms with Gasteiger partial charge < -0.3 is 13.9 Å². The monoisotopic (exact) mass is 371 g/mol. The molecule has 0 bridgehead atoms. The summed E-state index contributed by atoms with van der Waals surface area (Å²) in [4.78, 5) is 18.5. The van der Waals surface area contributed by atoms with Crippen LogP contribution in [0.1, 0.15) is 30.4 Å². The lowest BCUT2D eigenvalue weighted by Crippen LogP contribution is -2.41. The number of carbonyl (C=O) groups is 1. The molecule has 0 aliphatic carbocycles. The van der Waals surface area contributed by atoms with E-state index in [1.54, 1.807) is 30.0 Å². The quantitative estimate of drug-likeness (QED) is 0.756. The molecule has 3 aromatic rings. The van der Waals surface area contributed by atoms with Gasteiger partial charge in [0.15, 0.2) is 5.82 Å². The molecule has 2 amide bonds. The Bertz CT molecular complexity index is 954. The number of benzene rings is 1. The molecular formula is C18H18FN5O3. The van der Waals surface area contributed by atoms with E-state index < -0.39 is 0 Å². The molecule has 1 aliphatic heterocycles. The summed E-state index contributed by atoms with van der Waals surface area (Å²) in [7, 11) is 0. The Morgan fingerprint density at radius 1 is 1.30 bits per heavy atom. The van der Waals surface area contributed by atoms with Crippen molar-refractivity contribution in [2.75, 3.05) is 18.4 Å². The Hall–Kier alpha value is -3.23. The Labute approximate surface area is 154 Å². The van der Waals surface area contributed by atoms with Gasteiger partial charge in [-0.3, -0.25) is 5.32 Å². The average molecular weight is 371 g/mol. The van der Waals surface area contributed by atoms with Gasteiger partial charge in [-0.05, 0) is 31.9 Å². The maximum atomic E-state index is 13.4. The predicted octanol–water partition coefficient (Wildman–Crippen LogP) is 3.58. The molecule has 4 rings (SSSR count). The van der Waals surface area contributed by atoms with Gasteiger partial charge >= 0.3 is 6.03 Å². The topological polar surface area (TPSA) is 97.3 Å². The highest BCUT2D eigenvalue weighted by atomic mass is 19.1. The molecule has 3 heterocycles. The lowest BCUT2D eigenvalue weighted by atomic mass is 9.98. The highest BCUT2D eigenvalue weighted by Gasteiger charge is 2.29. The van der Waals surface area contributed by atoms with Crippen LogP contribution in [-0.2, 0) is 0 Å². The normalized spacial score (nSPS) is 17.1. The zero-order chi connectivity index (χ0) is 18.8. The van der Waals surface area contributed by atoms with Crippen LogP contribution in [0.25, 0.3) is 11.4 Å². The second-order valence-corrected chi connectivity index (χ2v) is 6.50. The van der Waals surface area contributed by atoms with Gasteiger partial charge in [0, 0.05) is 24.7 Å². The summed E-state index contributed by atoms with van der Waals surface area (Å²) in [6.45, 7) is 2.84. The molecule has 1 fully saturated rings. The second kappa shape index (κ2) is 7.18. The zero-order valence-corrected chi connectivity index (χ0v) is 14.7. The number of aryl methyl sites for hydroxylation is 1. The molecular weight excluding hydrogens is 353 g/mol. The minimum absolute atomic E-state index is 0.0710. The van der Waals surface area contributed by atoms with E-state index in [9.17, 15) is 9.18 Å². The molecule has 0 saturated carbocycles. The third-order valence-electron chi connectivity index (χ3n) is 4.45. The van der Waals surface area contributed by atoms with E-state index in [1.807, 2.05) is 0 Å². The van der Waals surface area contributed by atoms with Gasteiger partial charge in [0.2, 0.25) is 11.7 Å². The summed E-state index contributed by atoms with van der Waals surface area (Å²) in [5.41, 5.74) is 0.553. The van der Waals surface area contributed by atoms with Gasteiger partial charge in [-0.1, -0.05) is 22.4 Å². The van der Waals surface area contributed by atoms with Crippen molar-refractivity contribution in [2.24, 2.45) is 0 Å². The van der Waals surface area contributed by atoms with Crippen molar-refractivity contribution in [1.29, 1.82) is 0 Å². The number of likely N-dealkylation sites (tertiary alicyclic amines) is 1. The first-order valence-electron chi connectivity index (χ1n) is 8.67. The van der Waals surface area contributed by atoms with E-state index in [2.05, 4.69) is 20.6 Å². The van der Waals surface area contributed by atoms with E-state index in [1.165, 1.54) is 12.1 Å². The molecule has 140 valence electrons. The van der Waals surface area contributed by atoms with E-state index in [-0.39, 0.29) is 17.8 Å². The third kappa shape index (κ3) is 3.81. The number of hydrogen-bond donors (Lipinski definition) is 1. The minimum atomic E-state index is -0.359. The van der Waals surface area contributed by atoms with Crippen molar-refractivity contribution in [3.05, 3.63) is 47.8 Å². The van der Waals surface area contributed by atoms with Gasteiger partial charge in [-0.25, -0.2) is 9.18 Å². The molecule has 9 heteroatoms. The molecule has 1 atom stereocenters. The van der Waals surface area contributed by atoms with Crippen molar-refractivity contribution >= 4 is 11.8 Å². The van der Waals surface area contributed by atoms with Gasteiger partial charge in [0.05, 0.1) is 5.92 Å². The van der Waals surface area contributed by atoms with E-state index in [4.69, 9.17) is 9.05 Å². The SMILES string of the molecule is Cc1cc(NC(=O)N2CCC[C@H](c3nc(-c4cccc(F)c4)no3)C2)no1. The van der Waals surface area contributed by atoms with Crippen molar-refractivity contribution in [2.45, 2.75) is 25.7 Å². The summed E-state index contributed by atoms with van der Waals surface area (Å²) < 4.78 is 23.7. The first kappa shape index (κ1) is 17.2. The first-order valence-corrected chi connectivity index (χ1v) is 8.67. The van der Waals surface area contributed by atoms with E-state index >= 15 is 0 Å². The highest BCUT2D eigenvalue weighted by molar-refractivity contribution is 5.88. The number of nitrogens with zero attached hydrogens (tertiary/aromatic N) is 4. The molecule has 0 spiro atoms. The maximum Gasteiger partial charge on any atom is 0.323 e. The van der Waals surface area contributed by atoms with Crippen molar-refractivity contribution in [3.63, 3.8) is 0 Å². The van der Waals surface area contributed by atoms with Gasteiger partial charge in [-0.15, -0.1) is 0 Å². The van der Waals surface area contributed by atoms with Crippen LogP contribution in [0.2, 0.25) is 0 Å². The third-order valence-corrected chi connectivity index (χ3v) is 4.45. The van der Waals surface area contributed by atoms with Gasteiger partial charge in [0.25, 0.3) is 0 Å². The van der Waals surface area contributed by atoms with Gasteiger partial charge in [-0.2, -0.15) is 4.98 Å². The Morgan fingerprint density at radius 3 is 2.96 bits per heavy atom. The summed E-state index contributed by atoms with van der Waals surface area (Å²) >= 11 is 0. The minimum Gasteiger partial charge on any atom is -0.360 e. The lowest BCUT2D eigenvalue weighted by molar-refractivity contribution is 0.184. The number of nitrogens with one attached hydrogen (secondary N) is 1. The van der Waals surface area contributed by atoms with Crippen LogP contribution >= 0.6 is 0 Å². The van der Waals surface area contributed by atoms with Crippen molar-refractivity contribution in [3.8, 4) is 11.4 Å². The number of halogens is 1. The molecule has 2 aromatic heterocycles. The maximum absolute atomic E-state index is 13.4. The van der Waals surface area contributed by atoms with Crippen LogP contribution in [-0.4, -0.2) is 39.3 Å². The standard InChI is InChI=1S/C18H18FN5O3/c1-11-8-15(22-26-11)20-18(25)24-7-3-5-13(10-24)17-21-16(23-27-17)12-4-2-6-14(19)9-12/h2,4,6,8-9,13H,3,5,7,10H2,1H3,(H,20,22,25)/t13-/m0/s1. The predicted molar refractivity (Wildman–Crippen MR) is 93.5 cm³/mol. The van der Waals surface area contributed by atoms with Crippen LogP contribution in [0, 0.1) is 12.7 Å². The van der Waals surface area contributed by atoms with Crippen LogP contribution in [0.5, 0.6) is 0 Å². The molecule has 8 nitrogen and oxygen atoms in total. The van der Waals surface area contributed by atoms with Crippen LogP contribution in [0.4, 0.5) is 15.0 Å². The molecule has 1 aliphatic rings. The molecule has 0 radical (unpaired) electrons. The number of anilines is 1. The summed E-state index contributed by atoms with van der Waals surface area (Å²) in [6.07, 6.45) is 1.64. The fourth-order valence-electron chi connectivity index (χ4n) is 3.12. The van der Waals surface area contributed by atoms with E-state index in [0.29, 0.717) is 41.9 Å². The van der Waals surface area contributed by atoms with Crippen LogP contribution in [0.3, 0.4) is 0 Å². The molecule has 0 unspecified atom stereocenters. The second-order valence-electron chi connectivity index (χ2n) is 6.50. The smallest absolute Gasteiger partial charge is 0.323 e. The van der Waals surface area contributed by atoms with Crippen molar-refractivity contribution in [1.82, 2.24) is 20.2 Å². The fraction of sp³-hybridized carbons (Fsp3) is 0.333.